The summed E-state index contributed by atoms with van der Waals surface area (Å²) in [5, 5.41) is 0. The monoisotopic (exact) mass is 1130 g/mol. The molecule has 82 heavy (non-hydrogen) atoms. The van der Waals surface area contributed by atoms with E-state index in [0.29, 0.717) is 16.7 Å². The van der Waals surface area contributed by atoms with Gasteiger partial charge in [-0.15, -0.1) is 0 Å². The zero-order valence-electron chi connectivity index (χ0n) is 55.9. The quantitative estimate of drug-likeness (QED) is 0.0527. The van der Waals surface area contributed by atoms with Crippen LogP contribution in [0.2, 0.25) is 0 Å². The van der Waals surface area contributed by atoms with Crippen LogP contribution in [0.5, 0.6) is 0 Å². The number of ether oxygens (including phenoxy) is 3. The van der Waals surface area contributed by atoms with E-state index in [0.717, 1.165) is 51.5 Å². The van der Waals surface area contributed by atoms with Gasteiger partial charge in [-0.2, -0.15) is 0 Å². The maximum Gasteiger partial charge on any atom is 0.0468 e. The maximum atomic E-state index is 6.26. The van der Waals surface area contributed by atoms with Crippen LogP contribution in [0.15, 0.2) is 78.9 Å². The first-order valence-electron chi connectivity index (χ1n) is 35.9. The SMILES string of the molecule is CC(CCCOCCCCCCCCCCCCCCc1ccccc1)C(C)CC(CCOCCCCCCCCCCCCCc1ccccc1-c1cccc(CCCCCCCCCCCCOCCCC(C)(C)C)c1)C(C)(C)C. The molecular weight excluding hydrogens is 997 g/mol. The van der Waals surface area contributed by atoms with Crippen molar-refractivity contribution in [2.24, 2.45) is 28.6 Å². The first-order valence-corrected chi connectivity index (χ1v) is 35.9. The molecule has 0 saturated carbocycles. The number of aryl methyl sites for hydroxylation is 3. The lowest BCUT2D eigenvalue weighted by molar-refractivity contribution is 0.0796. The van der Waals surface area contributed by atoms with Crippen LogP contribution in [0.1, 0.15) is 322 Å². The molecule has 3 unspecified atom stereocenters. The predicted molar refractivity (Wildman–Crippen MR) is 363 cm³/mol. The molecule has 3 heteroatoms. The van der Waals surface area contributed by atoms with Crippen molar-refractivity contribution in [3.05, 3.63) is 95.6 Å². The van der Waals surface area contributed by atoms with Gasteiger partial charge < -0.3 is 14.2 Å². The number of hydrogen-bond acceptors (Lipinski definition) is 3. The van der Waals surface area contributed by atoms with Crippen LogP contribution >= 0.6 is 0 Å². The molecule has 0 amide bonds. The molecule has 3 atom stereocenters. The largest absolute Gasteiger partial charge is 0.381 e. The van der Waals surface area contributed by atoms with Crippen LogP contribution < -0.4 is 0 Å². The van der Waals surface area contributed by atoms with Crippen molar-refractivity contribution < 1.29 is 14.2 Å². The highest BCUT2D eigenvalue weighted by molar-refractivity contribution is 5.68. The molecule has 3 aromatic carbocycles. The molecule has 0 radical (unpaired) electrons. The molecule has 0 aliphatic heterocycles. The summed E-state index contributed by atoms with van der Waals surface area (Å²) in [4.78, 5) is 0. The number of benzene rings is 3. The molecular formula is C79H136O3. The Morgan fingerprint density at radius 3 is 1.21 bits per heavy atom. The van der Waals surface area contributed by atoms with Crippen LogP contribution in [0.3, 0.4) is 0 Å². The lowest BCUT2D eigenvalue weighted by Crippen LogP contribution is -2.26. The maximum absolute atomic E-state index is 6.26. The van der Waals surface area contributed by atoms with Gasteiger partial charge in [0.05, 0.1) is 0 Å². The Kier molecular flexibility index (Phi) is 44.7. The van der Waals surface area contributed by atoms with Crippen molar-refractivity contribution in [3.8, 4) is 11.1 Å². The van der Waals surface area contributed by atoms with Crippen molar-refractivity contribution in [1.29, 1.82) is 0 Å². The summed E-state index contributed by atoms with van der Waals surface area (Å²) in [6.07, 6.45) is 56.2. The number of unbranched alkanes of at least 4 members (excludes halogenated alkanes) is 30. The molecule has 470 valence electrons. The topological polar surface area (TPSA) is 27.7 Å². The zero-order valence-corrected chi connectivity index (χ0v) is 55.9. The van der Waals surface area contributed by atoms with Gasteiger partial charge in [0.2, 0.25) is 0 Å². The van der Waals surface area contributed by atoms with Gasteiger partial charge in [-0.1, -0.05) is 308 Å². The van der Waals surface area contributed by atoms with Gasteiger partial charge in [-0.05, 0) is 153 Å². The normalized spacial score (nSPS) is 13.3. The summed E-state index contributed by atoms with van der Waals surface area (Å²) in [6, 6.07) is 29.6. The van der Waals surface area contributed by atoms with Crippen LogP contribution in [-0.2, 0) is 33.5 Å². The summed E-state index contributed by atoms with van der Waals surface area (Å²) < 4.78 is 18.2. The minimum absolute atomic E-state index is 0.325. The average Bonchev–Trinajstić information content (AvgIpc) is 3.64. The minimum atomic E-state index is 0.325. The van der Waals surface area contributed by atoms with Gasteiger partial charge in [-0.25, -0.2) is 0 Å². The van der Waals surface area contributed by atoms with E-state index in [-0.39, 0.29) is 0 Å². The second kappa shape index (κ2) is 49.6. The van der Waals surface area contributed by atoms with E-state index in [1.807, 2.05) is 0 Å². The van der Waals surface area contributed by atoms with E-state index in [1.54, 1.807) is 0 Å². The zero-order chi connectivity index (χ0) is 58.9. The highest BCUT2D eigenvalue weighted by Gasteiger charge is 2.28. The molecule has 3 aromatic rings. The van der Waals surface area contributed by atoms with E-state index in [1.165, 1.54) is 297 Å². The Hall–Kier alpha value is -2.46. The van der Waals surface area contributed by atoms with E-state index >= 15 is 0 Å². The Morgan fingerprint density at radius 2 is 0.720 bits per heavy atom. The fourth-order valence-electron chi connectivity index (χ4n) is 12.5. The molecule has 0 fully saturated rings. The lowest BCUT2D eigenvalue weighted by Gasteiger charge is -2.34. The second-order valence-corrected chi connectivity index (χ2v) is 28.4. The van der Waals surface area contributed by atoms with Gasteiger partial charge in [0.1, 0.15) is 0 Å². The molecule has 0 heterocycles. The average molecular weight is 1130 g/mol. The number of rotatable bonds is 56. The van der Waals surface area contributed by atoms with Gasteiger partial charge >= 0.3 is 0 Å². The molecule has 3 nitrogen and oxygen atoms in total. The van der Waals surface area contributed by atoms with Crippen molar-refractivity contribution in [2.45, 2.75) is 325 Å². The van der Waals surface area contributed by atoms with Crippen molar-refractivity contribution >= 4 is 0 Å². The molecule has 0 aliphatic rings. The lowest BCUT2D eigenvalue weighted by atomic mass is 9.72. The molecule has 0 saturated heterocycles. The van der Waals surface area contributed by atoms with Crippen molar-refractivity contribution in [2.75, 3.05) is 39.6 Å². The van der Waals surface area contributed by atoms with Crippen LogP contribution in [0, 0.1) is 28.6 Å². The molecule has 0 aliphatic carbocycles. The molecule has 0 spiro atoms. The standard InChI is InChI=1S/C79H136O3/c1-70(50-48-65-80-62-44-33-27-21-15-10-9-12-18-24-30-37-51-72-52-39-36-40-53-72)71(2)68-76(79(6,7)8)60-67-82-64-46-35-29-22-16-11-13-20-26-32-41-56-74-57-42-43-59-77(74)75-58-47-55-73(69-75)54-38-31-25-19-14-17-23-28-34-45-63-81-66-49-61-78(3,4)5/h36,39-40,42-43,47,52-53,55,57-59,69-71,76H,9-35,37-38,41,44-46,48-51,54,56,60-68H2,1-8H3. The van der Waals surface area contributed by atoms with E-state index in [2.05, 4.69) is 134 Å². The van der Waals surface area contributed by atoms with Gasteiger partial charge in [-0.3, -0.25) is 0 Å². The van der Waals surface area contributed by atoms with Gasteiger partial charge in [0.15, 0.2) is 0 Å². The van der Waals surface area contributed by atoms with Gasteiger partial charge in [0, 0.05) is 39.6 Å². The second-order valence-electron chi connectivity index (χ2n) is 28.4. The first kappa shape index (κ1) is 73.8. The third-order valence-electron chi connectivity index (χ3n) is 18.5. The fraction of sp³-hybridized carbons (Fsp3) is 0.772. The summed E-state index contributed by atoms with van der Waals surface area (Å²) in [5.41, 5.74) is 8.15. The third-order valence-corrected chi connectivity index (χ3v) is 18.5. The van der Waals surface area contributed by atoms with E-state index in [4.69, 9.17) is 14.2 Å². The molecule has 0 N–H and O–H groups in total. The highest BCUT2D eigenvalue weighted by atomic mass is 16.5. The summed E-state index contributed by atoms with van der Waals surface area (Å²) in [6.45, 7) is 24.9. The number of hydrogen-bond donors (Lipinski definition) is 0. The molecule has 3 rings (SSSR count). The van der Waals surface area contributed by atoms with Crippen LogP contribution in [0.25, 0.3) is 11.1 Å². The highest BCUT2D eigenvalue weighted by Crippen LogP contribution is 2.37. The molecule has 0 aromatic heterocycles. The van der Waals surface area contributed by atoms with Crippen LogP contribution in [-0.4, -0.2) is 39.6 Å². The van der Waals surface area contributed by atoms with Crippen LogP contribution in [0.4, 0.5) is 0 Å². The first-order chi connectivity index (χ1) is 39.9. The van der Waals surface area contributed by atoms with E-state index < -0.39 is 0 Å². The Morgan fingerprint density at radius 1 is 0.329 bits per heavy atom. The van der Waals surface area contributed by atoms with Crippen molar-refractivity contribution in [3.63, 3.8) is 0 Å². The van der Waals surface area contributed by atoms with Crippen molar-refractivity contribution in [1.82, 2.24) is 0 Å². The summed E-state index contributed by atoms with van der Waals surface area (Å²) in [5.74, 6) is 2.20. The smallest absolute Gasteiger partial charge is 0.0468 e. The Labute approximate surface area is 511 Å². The van der Waals surface area contributed by atoms with E-state index in [9.17, 15) is 0 Å². The van der Waals surface area contributed by atoms with Gasteiger partial charge in [0.25, 0.3) is 0 Å². The Bertz CT molecular complexity index is 1840. The molecule has 0 bridgehead atoms. The Balaban J connectivity index is 1.07. The third kappa shape index (κ3) is 41.6. The fourth-order valence-corrected chi connectivity index (χ4v) is 12.5. The summed E-state index contributed by atoms with van der Waals surface area (Å²) in [7, 11) is 0. The summed E-state index contributed by atoms with van der Waals surface area (Å²) >= 11 is 0. The predicted octanol–water partition coefficient (Wildman–Crippen LogP) is 24.9. The minimum Gasteiger partial charge on any atom is -0.381 e.